The topological polar surface area (TPSA) is 84.5 Å². The summed E-state index contributed by atoms with van der Waals surface area (Å²) in [7, 11) is -3.66. The van der Waals surface area contributed by atoms with Gasteiger partial charge in [0.2, 0.25) is 15.9 Å². The molecule has 2 aromatic rings. The van der Waals surface area contributed by atoms with Gasteiger partial charge >= 0.3 is 6.61 Å². The van der Waals surface area contributed by atoms with Gasteiger partial charge in [-0.2, -0.15) is 8.78 Å². The third-order valence-corrected chi connectivity index (χ3v) is 4.36. The SMILES string of the molecule is O=C(CCNS(=O)(=O)/C=C/c1ccccc1)Nc1ccc(OC(F)F)cc1. The van der Waals surface area contributed by atoms with Crippen LogP contribution in [0.5, 0.6) is 5.75 Å². The van der Waals surface area contributed by atoms with Gasteiger partial charge < -0.3 is 10.1 Å². The van der Waals surface area contributed by atoms with Gasteiger partial charge in [-0.05, 0) is 35.9 Å². The van der Waals surface area contributed by atoms with Gasteiger partial charge in [0.1, 0.15) is 5.75 Å². The van der Waals surface area contributed by atoms with Gasteiger partial charge in [-0.3, -0.25) is 4.79 Å². The summed E-state index contributed by atoms with van der Waals surface area (Å²) in [5.74, 6) is -0.451. The minimum Gasteiger partial charge on any atom is -0.435 e. The molecule has 2 N–H and O–H groups in total. The van der Waals surface area contributed by atoms with Crippen molar-refractivity contribution in [3.8, 4) is 5.75 Å². The van der Waals surface area contributed by atoms with Crippen molar-refractivity contribution in [2.24, 2.45) is 0 Å². The number of hydrogen-bond acceptors (Lipinski definition) is 4. The van der Waals surface area contributed by atoms with Gasteiger partial charge in [-0.15, -0.1) is 0 Å². The Morgan fingerprint density at radius 1 is 1.07 bits per heavy atom. The van der Waals surface area contributed by atoms with Crippen LogP contribution in [-0.4, -0.2) is 27.5 Å². The smallest absolute Gasteiger partial charge is 0.387 e. The molecule has 0 saturated carbocycles. The van der Waals surface area contributed by atoms with E-state index in [1.807, 2.05) is 6.07 Å². The summed E-state index contributed by atoms with van der Waals surface area (Å²) in [6.45, 7) is -3.01. The maximum atomic E-state index is 12.1. The second-order valence-corrected chi connectivity index (χ2v) is 7.00. The van der Waals surface area contributed by atoms with Gasteiger partial charge in [-0.1, -0.05) is 30.3 Å². The number of anilines is 1. The van der Waals surface area contributed by atoms with Gasteiger partial charge in [0, 0.05) is 24.1 Å². The number of carbonyl (C=O) groups excluding carboxylic acids is 1. The molecule has 0 spiro atoms. The number of benzene rings is 2. The summed E-state index contributed by atoms with van der Waals surface area (Å²) >= 11 is 0. The number of sulfonamides is 1. The van der Waals surface area contributed by atoms with Crippen LogP contribution in [-0.2, 0) is 14.8 Å². The second kappa shape index (κ2) is 9.79. The zero-order chi connectivity index (χ0) is 19.7. The molecule has 144 valence electrons. The van der Waals surface area contributed by atoms with Crippen LogP contribution in [0.15, 0.2) is 60.0 Å². The first-order valence-electron chi connectivity index (χ1n) is 7.91. The Balaban J connectivity index is 1.77. The van der Waals surface area contributed by atoms with E-state index < -0.39 is 22.5 Å². The molecule has 0 aliphatic carbocycles. The third kappa shape index (κ3) is 7.97. The maximum absolute atomic E-state index is 12.1. The van der Waals surface area contributed by atoms with Crippen molar-refractivity contribution >= 4 is 27.7 Å². The van der Waals surface area contributed by atoms with Gasteiger partial charge in [0.25, 0.3) is 0 Å². The maximum Gasteiger partial charge on any atom is 0.387 e. The Bertz CT molecular complexity index is 870. The molecule has 2 rings (SSSR count). The summed E-state index contributed by atoms with van der Waals surface area (Å²) < 4.78 is 54.4. The number of rotatable bonds is 9. The van der Waals surface area contributed by atoms with Crippen LogP contribution in [0.2, 0.25) is 0 Å². The number of nitrogens with one attached hydrogen (secondary N) is 2. The van der Waals surface area contributed by atoms with E-state index in [0.717, 1.165) is 11.0 Å². The van der Waals surface area contributed by atoms with Crippen molar-refractivity contribution < 1.29 is 26.7 Å². The average molecular weight is 396 g/mol. The zero-order valence-electron chi connectivity index (χ0n) is 14.1. The molecular weight excluding hydrogens is 378 g/mol. The fourth-order valence-electron chi connectivity index (χ4n) is 2.03. The van der Waals surface area contributed by atoms with Crippen molar-refractivity contribution in [1.29, 1.82) is 0 Å². The molecule has 0 bridgehead atoms. The number of ether oxygens (including phenoxy) is 1. The Morgan fingerprint density at radius 3 is 2.37 bits per heavy atom. The number of halogens is 2. The van der Waals surface area contributed by atoms with Gasteiger partial charge in [0.15, 0.2) is 0 Å². The highest BCUT2D eigenvalue weighted by Gasteiger charge is 2.08. The lowest BCUT2D eigenvalue weighted by Gasteiger charge is -2.08. The van der Waals surface area contributed by atoms with Crippen LogP contribution in [0.1, 0.15) is 12.0 Å². The van der Waals surface area contributed by atoms with Crippen LogP contribution in [0.3, 0.4) is 0 Å². The van der Waals surface area contributed by atoms with Crippen LogP contribution in [0, 0.1) is 0 Å². The monoisotopic (exact) mass is 396 g/mol. The molecular formula is C18H18F2N2O4S. The van der Waals surface area contributed by atoms with Crippen LogP contribution < -0.4 is 14.8 Å². The zero-order valence-corrected chi connectivity index (χ0v) is 15.0. The molecule has 0 saturated heterocycles. The van der Waals surface area contributed by atoms with Crippen molar-refractivity contribution in [3.63, 3.8) is 0 Å². The highest BCUT2D eigenvalue weighted by Crippen LogP contribution is 2.17. The number of alkyl halides is 2. The predicted octanol–water partition coefficient (Wildman–Crippen LogP) is 3.21. The van der Waals surface area contributed by atoms with E-state index in [2.05, 4.69) is 14.8 Å². The van der Waals surface area contributed by atoms with E-state index in [1.54, 1.807) is 24.3 Å². The first-order valence-corrected chi connectivity index (χ1v) is 9.46. The molecule has 0 atom stereocenters. The molecule has 0 heterocycles. The molecule has 6 nitrogen and oxygen atoms in total. The fourth-order valence-corrected chi connectivity index (χ4v) is 2.85. The largest absolute Gasteiger partial charge is 0.435 e. The molecule has 0 radical (unpaired) electrons. The summed E-state index contributed by atoms with van der Waals surface area (Å²) in [4.78, 5) is 11.8. The van der Waals surface area contributed by atoms with Crippen LogP contribution in [0.4, 0.5) is 14.5 Å². The number of amides is 1. The van der Waals surface area contributed by atoms with Crippen molar-refractivity contribution in [2.45, 2.75) is 13.0 Å². The Labute approximate surface area is 155 Å². The normalized spacial score (nSPS) is 11.7. The predicted molar refractivity (Wildman–Crippen MR) is 98.7 cm³/mol. The first-order chi connectivity index (χ1) is 12.8. The third-order valence-electron chi connectivity index (χ3n) is 3.26. The molecule has 0 unspecified atom stereocenters. The minimum atomic E-state index is -3.66. The summed E-state index contributed by atoms with van der Waals surface area (Å²) in [6.07, 6.45) is 1.36. The highest BCUT2D eigenvalue weighted by atomic mass is 32.2. The molecule has 0 aliphatic heterocycles. The lowest BCUT2D eigenvalue weighted by Crippen LogP contribution is -2.26. The van der Waals surface area contributed by atoms with E-state index in [1.165, 1.54) is 30.3 Å². The Morgan fingerprint density at radius 2 is 1.74 bits per heavy atom. The van der Waals surface area contributed by atoms with E-state index in [4.69, 9.17) is 0 Å². The summed E-state index contributed by atoms with van der Waals surface area (Å²) in [5, 5.41) is 3.56. The van der Waals surface area contributed by atoms with E-state index in [0.29, 0.717) is 5.69 Å². The van der Waals surface area contributed by atoms with Crippen LogP contribution in [0.25, 0.3) is 6.08 Å². The molecule has 0 aliphatic rings. The highest BCUT2D eigenvalue weighted by molar-refractivity contribution is 7.92. The lowest BCUT2D eigenvalue weighted by molar-refractivity contribution is -0.116. The molecule has 0 fully saturated rings. The standard InChI is InChI=1S/C18H18F2N2O4S/c19-18(20)26-16-8-6-15(7-9-16)22-17(23)10-12-21-27(24,25)13-11-14-4-2-1-3-5-14/h1-9,11,13,18,21H,10,12H2,(H,22,23)/b13-11+. The molecule has 27 heavy (non-hydrogen) atoms. The molecule has 9 heteroatoms. The first kappa shape index (κ1) is 20.5. The molecule has 2 aromatic carbocycles. The second-order valence-electron chi connectivity index (χ2n) is 5.35. The van der Waals surface area contributed by atoms with Crippen molar-refractivity contribution in [1.82, 2.24) is 4.72 Å². The van der Waals surface area contributed by atoms with Gasteiger partial charge in [-0.25, -0.2) is 13.1 Å². The fraction of sp³-hybridized carbons (Fsp3) is 0.167. The molecule has 1 amide bonds. The Hall–Kier alpha value is -2.78. The van der Waals surface area contributed by atoms with E-state index in [9.17, 15) is 22.0 Å². The number of hydrogen-bond donors (Lipinski definition) is 2. The van der Waals surface area contributed by atoms with E-state index in [-0.39, 0.29) is 18.7 Å². The minimum absolute atomic E-state index is 0.0269. The summed E-state index contributed by atoms with van der Waals surface area (Å²) in [6, 6.07) is 14.3. The number of carbonyl (C=O) groups is 1. The van der Waals surface area contributed by atoms with Crippen molar-refractivity contribution in [2.75, 3.05) is 11.9 Å². The van der Waals surface area contributed by atoms with Crippen LogP contribution >= 0.6 is 0 Å². The summed E-state index contributed by atoms with van der Waals surface area (Å²) in [5.41, 5.74) is 1.12. The quantitative estimate of drug-likeness (QED) is 0.682. The average Bonchev–Trinajstić information content (AvgIpc) is 2.62. The van der Waals surface area contributed by atoms with Crippen molar-refractivity contribution in [3.05, 3.63) is 65.6 Å². The Kier molecular flexibility index (Phi) is 7.44. The van der Waals surface area contributed by atoms with Gasteiger partial charge in [0.05, 0.1) is 0 Å². The molecule has 0 aromatic heterocycles. The van der Waals surface area contributed by atoms with E-state index >= 15 is 0 Å². The lowest BCUT2D eigenvalue weighted by atomic mass is 10.2.